The fourth-order valence-electron chi connectivity index (χ4n) is 4.16. The summed E-state index contributed by atoms with van der Waals surface area (Å²) in [5.41, 5.74) is 5.49. The standard InChI is InChI=1S/C21H22ClN/c1-13(2)16-8-4-11-19-17-9-5-10-18(17)20(23-21(16)19)14-6-3-7-15(22)12-14/h3-9,11-13,17-18,20,23H,10H2,1-2H3/t17-,18-,20-/m1/s1. The predicted octanol–water partition coefficient (Wildman–Crippen LogP) is 6.29. The number of para-hydroxylation sites is 1. The molecular formula is C21H22ClN. The molecule has 0 fully saturated rings. The lowest BCUT2D eigenvalue weighted by Crippen LogP contribution is -2.29. The molecule has 1 aliphatic carbocycles. The van der Waals surface area contributed by atoms with Gasteiger partial charge in [-0.3, -0.25) is 0 Å². The van der Waals surface area contributed by atoms with E-state index in [-0.39, 0.29) is 0 Å². The van der Waals surface area contributed by atoms with Crippen LogP contribution in [-0.4, -0.2) is 0 Å². The molecule has 2 aromatic rings. The van der Waals surface area contributed by atoms with Crippen molar-refractivity contribution >= 4 is 17.3 Å². The minimum absolute atomic E-state index is 0.320. The van der Waals surface area contributed by atoms with Crippen molar-refractivity contribution in [2.24, 2.45) is 5.92 Å². The summed E-state index contributed by atoms with van der Waals surface area (Å²) in [5, 5.41) is 4.68. The van der Waals surface area contributed by atoms with Crippen LogP contribution in [0, 0.1) is 5.92 Å². The van der Waals surface area contributed by atoms with Crippen LogP contribution >= 0.6 is 11.6 Å². The van der Waals surface area contributed by atoms with Gasteiger partial charge in [-0.15, -0.1) is 0 Å². The largest absolute Gasteiger partial charge is 0.377 e. The quantitative estimate of drug-likeness (QED) is 0.640. The average molecular weight is 324 g/mol. The molecule has 0 radical (unpaired) electrons. The maximum atomic E-state index is 6.25. The van der Waals surface area contributed by atoms with Crippen LogP contribution in [0.3, 0.4) is 0 Å². The van der Waals surface area contributed by atoms with Gasteiger partial charge >= 0.3 is 0 Å². The second kappa shape index (κ2) is 5.72. The first-order valence-electron chi connectivity index (χ1n) is 8.46. The Morgan fingerprint density at radius 3 is 2.74 bits per heavy atom. The Morgan fingerprint density at radius 1 is 1.13 bits per heavy atom. The van der Waals surface area contributed by atoms with E-state index in [2.05, 4.69) is 67.7 Å². The van der Waals surface area contributed by atoms with Gasteiger partial charge in [0.15, 0.2) is 0 Å². The van der Waals surface area contributed by atoms with Crippen molar-refractivity contribution in [3.8, 4) is 0 Å². The van der Waals surface area contributed by atoms with Crippen LogP contribution in [0.2, 0.25) is 5.02 Å². The van der Waals surface area contributed by atoms with Gasteiger partial charge in [-0.1, -0.05) is 67.9 Å². The highest BCUT2D eigenvalue weighted by Crippen LogP contribution is 2.51. The molecule has 0 saturated heterocycles. The lowest BCUT2D eigenvalue weighted by Gasteiger charge is -2.39. The van der Waals surface area contributed by atoms with Crippen LogP contribution in [0.15, 0.2) is 54.6 Å². The zero-order valence-electron chi connectivity index (χ0n) is 13.6. The summed E-state index contributed by atoms with van der Waals surface area (Å²) >= 11 is 6.25. The molecule has 0 aromatic heterocycles. The Labute approximate surface area is 143 Å². The van der Waals surface area contributed by atoms with Gasteiger partial charge in [0, 0.05) is 16.6 Å². The summed E-state index contributed by atoms with van der Waals surface area (Å²) in [6.07, 6.45) is 5.86. The van der Waals surface area contributed by atoms with Crippen LogP contribution in [-0.2, 0) is 0 Å². The highest BCUT2D eigenvalue weighted by Gasteiger charge is 2.38. The van der Waals surface area contributed by atoms with E-state index in [1.54, 1.807) is 0 Å². The number of hydrogen-bond donors (Lipinski definition) is 1. The molecule has 1 heterocycles. The van der Waals surface area contributed by atoms with E-state index in [1.807, 2.05) is 6.07 Å². The molecule has 0 bridgehead atoms. The fraction of sp³-hybridized carbons (Fsp3) is 0.333. The van der Waals surface area contributed by atoms with Gasteiger partial charge in [-0.25, -0.2) is 0 Å². The molecule has 118 valence electrons. The molecule has 23 heavy (non-hydrogen) atoms. The number of anilines is 1. The first-order valence-corrected chi connectivity index (χ1v) is 8.84. The molecule has 3 atom stereocenters. The maximum absolute atomic E-state index is 6.25. The third kappa shape index (κ3) is 2.48. The second-order valence-corrected chi connectivity index (χ2v) is 7.43. The maximum Gasteiger partial charge on any atom is 0.0554 e. The smallest absolute Gasteiger partial charge is 0.0554 e. The first-order chi connectivity index (χ1) is 11.1. The molecule has 0 saturated carbocycles. The molecule has 2 aliphatic rings. The summed E-state index contributed by atoms with van der Waals surface area (Å²) < 4.78 is 0. The van der Waals surface area contributed by atoms with Gasteiger partial charge < -0.3 is 5.32 Å². The molecule has 0 unspecified atom stereocenters. The molecule has 1 aliphatic heterocycles. The van der Waals surface area contributed by atoms with Crippen molar-refractivity contribution in [3.05, 3.63) is 76.3 Å². The highest BCUT2D eigenvalue weighted by atomic mass is 35.5. The van der Waals surface area contributed by atoms with Gasteiger partial charge in [0.1, 0.15) is 0 Å². The van der Waals surface area contributed by atoms with Gasteiger partial charge in [0.2, 0.25) is 0 Å². The summed E-state index contributed by atoms with van der Waals surface area (Å²) in [6.45, 7) is 4.53. The number of benzene rings is 2. The van der Waals surface area contributed by atoms with Crippen molar-refractivity contribution in [3.63, 3.8) is 0 Å². The minimum Gasteiger partial charge on any atom is -0.377 e. The number of nitrogens with one attached hydrogen (secondary N) is 1. The monoisotopic (exact) mass is 323 g/mol. The Kier molecular flexibility index (Phi) is 3.69. The van der Waals surface area contributed by atoms with Crippen molar-refractivity contribution in [2.75, 3.05) is 5.32 Å². The Hall–Kier alpha value is -1.73. The summed E-state index contributed by atoms with van der Waals surface area (Å²) in [5.74, 6) is 1.59. The SMILES string of the molecule is CC(C)c1cccc2c1N[C@H](c1cccc(Cl)c1)[C@@H]1CC=C[C@@H]21. The number of halogens is 1. The zero-order chi connectivity index (χ0) is 16.0. The van der Waals surface area contributed by atoms with E-state index in [0.29, 0.717) is 23.8 Å². The van der Waals surface area contributed by atoms with Crippen LogP contribution < -0.4 is 5.32 Å². The molecule has 2 aromatic carbocycles. The molecule has 4 rings (SSSR count). The number of fused-ring (bicyclic) bond motifs is 3. The molecule has 2 heteroatoms. The molecule has 1 N–H and O–H groups in total. The third-order valence-electron chi connectivity index (χ3n) is 5.26. The second-order valence-electron chi connectivity index (χ2n) is 7.00. The van der Waals surface area contributed by atoms with E-state index in [9.17, 15) is 0 Å². The lowest BCUT2D eigenvalue weighted by atomic mass is 9.75. The van der Waals surface area contributed by atoms with Gasteiger partial charge in [0.25, 0.3) is 0 Å². The van der Waals surface area contributed by atoms with E-state index in [0.717, 1.165) is 11.4 Å². The fourth-order valence-corrected chi connectivity index (χ4v) is 4.36. The minimum atomic E-state index is 0.320. The lowest BCUT2D eigenvalue weighted by molar-refractivity contribution is 0.424. The van der Waals surface area contributed by atoms with Gasteiger partial charge in [-0.2, -0.15) is 0 Å². The highest BCUT2D eigenvalue weighted by molar-refractivity contribution is 6.30. The van der Waals surface area contributed by atoms with Crippen LogP contribution in [0.4, 0.5) is 5.69 Å². The summed E-state index contributed by atoms with van der Waals surface area (Å²) in [6, 6.07) is 15.4. The van der Waals surface area contributed by atoms with E-state index >= 15 is 0 Å². The van der Waals surface area contributed by atoms with Crippen molar-refractivity contribution < 1.29 is 0 Å². The van der Waals surface area contributed by atoms with Crippen LogP contribution in [0.1, 0.15) is 54.8 Å². The number of allylic oxidation sites excluding steroid dienone is 2. The summed E-state index contributed by atoms with van der Waals surface area (Å²) in [7, 11) is 0. The molecular weight excluding hydrogens is 302 g/mol. The van der Waals surface area contributed by atoms with Crippen LogP contribution in [0.5, 0.6) is 0 Å². The van der Waals surface area contributed by atoms with Gasteiger partial charge in [0.05, 0.1) is 6.04 Å². The van der Waals surface area contributed by atoms with E-state index in [1.165, 1.54) is 22.4 Å². The van der Waals surface area contributed by atoms with Crippen molar-refractivity contribution in [1.82, 2.24) is 0 Å². The predicted molar refractivity (Wildman–Crippen MR) is 98.3 cm³/mol. The molecule has 0 amide bonds. The number of rotatable bonds is 2. The number of hydrogen-bond acceptors (Lipinski definition) is 1. The first kappa shape index (κ1) is 14.8. The topological polar surface area (TPSA) is 12.0 Å². The molecule has 1 nitrogen and oxygen atoms in total. The van der Waals surface area contributed by atoms with E-state index < -0.39 is 0 Å². The Bertz CT molecular complexity index is 762. The normalized spacial score (nSPS) is 25.1. The van der Waals surface area contributed by atoms with Crippen LogP contribution in [0.25, 0.3) is 0 Å². The van der Waals surface area contributed by atoms with E-state index in [4.69, 9.17) is 11.6 Å². The zero-order valence-corrected chi connectivity index (χ0v) is 14.3. The Morgan fingerprint density at radius 2 is 1.96 bits per heavy atom. The van der Waals surface area contributed by atoms with Crippen molar-refractivity contribution in [2.45, 2.75) is 38.1 Å². The summed E-state index contributed by atoms with van der Waals surface area (Å²) in [4.78, 5) is 0. The van der Waals surface area contributed by atoms with Crippen molar-refractivity contribution in [1.29, 1.82) is 0 Å². The Balaban J connectivity index is 1.83. The third-order valence-corrected chi connectivity index (χ3v) is 5.49. The van der Waals surface area contributed by atoms with Gasteiger partial charge in [-0.05, 0) is 47.1 Å². The average Bonchev–Trinajstić information content (AvgIpc) is 3.03. The molecule has 0 spiro atoms.